The SMILES string of the molecule is CC1(c2ccccc2)C=CN=N1. The molecule has 0 amide bonds. The van der Waals surface area contributed by atoms with Crippen LogP contribution in [0.4, 0.5) is 0 Å². The summed E-state index contributed by atoms with van der Waals surface area (Å²) < 4.78 is 0. The van der Waals surface area contributed by atoms with E-state index < -0.39 is 0 Å². The summed E-state index contributed by atoms with van der Waals surface area (Å²) in [4.78, 5) is 0. The van der Waals surface area contributed by atoms with E-state index in [0.717, 1.165) is 0 Å². The third-order valence-electron chi connectivity index (χ3n) is 2.09. The number of benzene rings is 1. The third kappa shape index (κ3) is 1.05. The lowest BCUT2D eigenvalue weighted by molar-refractivity contribution is 0.621. The fourth-order valence-electron chi connectivity index (χ4n) is 1.29. The van der Waals surface area contributed by atoms with Crippen molar-refractivity contribution in [1.82, 2.24) is 0 Å². The minimum absolute atomic E-state index is 0.235. The van der Waals surface area contributed by atoms with Crippen molar-refractivity contribution in [2.24, 2.45) is 10.2 Å². The van der Waals surface area contributed by atoms with E-state index in [9.17, 15) is 0 Å². The Balaban J connectivity index is 2.43. The molecule has 0 saturated heterocycles. The molecule has 2 rings (SSSR count). The Morgan fingerprint density at radius 1 is 1.17 bits per heavy atom. The molecule has 12 heavy (non-hydrogen) atoms. The van der Waals surface area contributed by atoms with Gasteiger partial charge in [0, 0.05) is 6.20 Å². The maximum atomic E-state index is 4.15. The van der Waals surface area contributed by atoms with E-state index in [1.54, 1.807) is 6.20 Å². The highest BCUT2D eigenvalue weighted by atomic mass is 15.2. The smallest absolute Gasteiger partial charge is 0.124 e. The summed E-state index contributed by atoms with van der Waals surface area (Å²) in [5, 5.41) is 8.01. The molecule has 60 valence electrons. The quantitative estimate of drug-likeness (QED) is 0.600. The van der Waals surface area contributed by atoms with Gasteiger partial charge in [0.15, 0.2) is 0 Å². The summed E-state index contributed by atoms with van der Waals surface area (Å²) in [6.07, 6.45) is 3.75. The van der Waals surface area contributed by atoms with Crippen molar-refractivity contribution in [2.45, 2.75) is 12.5 Å². The average Bonchev–Trinajstić information content (AvgIpc) is 2.55. The van der Waals surface area contributed by atoms with Crippen LogP contribution in [0.25, 0.3) is 0 Å². The van der Waals surface area contributed by atoms with E-state index in [4.69, 9.17) is 0 Å². The number of rotatable bonds is 1. The van der Waals surface area contributed by atoms with Crippen molar-refractivity contribution in [3.05, 3.63) is 48.2 Å². The topological polar surface area (TPSA) is 24.7 Å². The number of hydrogen-bond acceptors (Lipinski definition) is 2. The molecule has 2 heteroatoms. The number of hydrogen-bond donors (Lipinski definition) is 0. The Labute approximate surface area is 71.6 Å². The van der Waals surface area contributed by atoms with Gasteiger partial charge in [-0.05, 0) is 18.6 Å². The normalized spacial score (nSPS) is 26.4. The maximum absolute atomic E-state index is 4.15. The zero-order chi connectivity index (χ0) is 8.44. The van der Waals surface area contributed by atoms with E-state index in [0.29, 0.717) is 0 Å². The van der Waals surface area contributed by atoms with Crippen molar-refractivity contribution in [2.75, 3.05) is 0 Å². The highest BCUT2D eigenvalue weighted by Crippen LogP contribution is 2.30. The fraction of sp³-hybridized carbons (Fsp3) is 0.200. The molecular weight excluding hydrogens is 148 g/mol. The van der Waals surface area contributed by atoms with Crippen LogP contribution in [0.1, 0.15) is 12.5 Å². The van der Waals surface area contributed by atoms with Gasteiger partial charge in [-0.15, -0.1) is 0 Å². The summed E-state index contributed by atoms with van der Waals surface area (Å²) in [6.45, 7) is 2.05. The molecule has 0 spiro atoms. The van der Waals surface area contributed by atoms with Gasteiger partial charge in [-0.1, -0.05) is 30.3 Å². The molecule has 1 aliphatic heterocycles. The average molecular weight is 158 g/mol. The van der Waals surface area contributed by atoms with E-state index >= 15 is 0 Å². The summed E-state index contributed by atoms with van der Waals surface area (Å²) in [5.41, 5.74) is 0.948. The van der Waals surface area contributed by atoms with Crippen molar-refractivity contribution in [3.8, 4) is 0 Å². The third-order valence-corrected chi connectivity index (χ3v) is 2.09. The first kappa shape index (κ1) is 7.22. The van der Waals surface area contributed by atoms with Crippen LogP contribution in [0.15, 0.2) is 52.8 Å². The molecule has 0 radical (unpaired) electrons. The molecule has 2 nitrogen and oxygen atoms in total. The minimum Gasteiger partial charge on any atom is -0.174 e. The standard InChI is InChI=1S/C10H10N2/c1-10(7-8-11-12-10)9-5-3-2-4-6-9/h2-8H,1H3. The minimum atomic E-state index is -0.235. The largest absolute Gasteiger partial charge is 0.174 e. The lowest BCUT2D eigenvalue weighted by atomic mass is 9.94. The Kier molecular flexibility index (Phi) is 1.54. The van der Waals surface area contributed by atoms with E-state index in [1.807, 2.05) is 24.3 Å². The van der Waals surface area contributed by atoms with E-state index in [-0.39, 0.29) is 5.54 Å². The molecule has 1 atom stereocenters. The predicted octanol–water partition coefficient (Wildman–Crippen LogP) is 2.88. The van der Waals surface area contributed by atoms with Gasteiger partial charge in [0.25, 0.3) is 0 Å². The second kappa shape index (κ2) is 2.55. The molecule has 1 aromatic carbocycles. The van der Waals surface area contributed by atoms with Gasteiger partial charge >= 0.3 is 0 Å². The lowest BCUT2D eigenvalue weighted by Crippen LogP contribution is -2.12. The summed E-state index contributed by atoms with van der Waals surface area (Å²) >= 11 is 0. The summed E-state index contributed by atoms with van der Waals surface area (Å²) in [6, 6.07) is 10.2. The highest BCUT2D eigenvalue weighted by Gasteiger charge is 2.24. The molecule has 0 saturated carbocycles. The predicted molar refractivity (Wildman–Crippen MR) is 47.8 cm³/mol. The van der Waals surface area contributed by atoms with Crippen LogP contribution in [0.3, 0.4) is 0 Å². The molecular formula is C10H10N2. The van der Waals surface area contributed by atoms with Crippen molar-refractivity contribution in [3.63, 3.8) is 0 Å². The van der Waals surface area contributed by atoms with Crippen LogP contribution in [0, 0.1) is 0 Å². The molecule has 0 aliphatic carbocycles. The molecule has 1 aromatic rings. The van der Waals surface area contributed by atoms with Crippen LogP contribution in [0.5, 0.6) is 0 Å². The van der Waals surface area contributed by atoms with Crippen LogP contribution in [0.2, 0.25) is 0 Å². The second-order valence-electron chi connectivity index (χ2n) is 3.04. The Bertz CT molecular complexity index is 313. The second-order valence-corrected chi connectivity index (χ2v) is 3.04. The summed E-state index contributed by atoms with van der Waals surface area (Å²) in [5.74, 6) is 0. The number of azo groups is 1. The first-order valence-corrected chi connectivity index (χ1v) is 3.96. The zero-order valence-corrected chi connectivity index (χ0v) is 6.94. The molecule has 0 N–H and O–H groups in total. The molecule has 1 unspecified atom stereocenters. The fourth-order valence-corrected chi connectivity index (χ4v) is 1.29. The lowest BCUT2D eigenvalue weighted by Gasteiger charge is -2.16. The van der Waals surface area contributed by atoms with Gasteiger partial charge in [0.1, 0.15) is 5.54 Å². The number of nitrogens with zero attached hydrogens (tertiary/aromatic N) is 2. The van der Waals surface area contributed by atoms with E-state index in [2.05, 4.69) is 29.3 Å². The molecule has 1 aliphatic rings. The highest BCUT2D eigenvalue weighted by molar-refractivity contribution is 5.30. The van der Waals surface area contributed by atoms with Crippen LogP contribution < -0.4 is 0 Å². The van der Waals surface area contributed by atoms with Gasteiger partial charge in [0.2, 0.25) is 0 Å². The Morgan fingerprint density at radius 2 is 1.92 bits per heavy atom. The maximum Gasteiger partial charge on any atom is 0.124 e. The molecule has 0 fully saturated rings. The van der Waals surface area contributed by atoms with Gasteiger partial charge in [-0.2, -0.15) is 10.2 Å². The van der Waals surface area contributed by atoms with Crippen LogP contribution in [-0.4, -0.2) is 0 Å². The van der Waals surface area contributed by atoms with E-state index in [1.165, 1.54) is 5.56 Å². The van der Waals surface area contributed by atoms with Gasteiger partial charge < -0.3 is 0 Å². The van der Waals surface area contributed by atoms with Crippen molar-refractivity contribution < 1.29 is 0 Å². The Hall–Kier alpha value is -1.44. The zero-order valence-electron chi connectivity index (χ0n) is 6.94. The molecule has 0 bridgehead atoms. The van der Waals surface area contributed by atoms with Crippen LogP contribution in [-0.2, 0) is 5.54 Å². The van der Waals surface area contributed by atoms with Crippen molar-refractivity contribution >= 4 is 0 Å². The van der Waals surface area contributed by atoms with Gasteiger partial charge in [-0.25, -0.2) is 0 Å². The molecule has 0 aromatic heterocycles. The first-order chi connectivity index (χ1) is 5.81. The molecule has 1 heterocycles. The van der Waals surface area contributed by atoms with Gasteiger partial charge in [-0.3, -0.25) is 0 Å². The summed E-state index contributed by atoms with van der Waals surface area (Å²) in [7, 11) is 0. The monoisotopic (exact) mass is 158 g/mol. The van der Waals surface area contributed by atoms with Crippen LogP contribution >= 0.6 is 0 Å². The Morgan fingerprint density at radius 3 is 2.50 bits per heavy atom. The first-order valence-electron chi connectivity index (χ1n) is 3.96. The van der Waals surface area contributed by atoms with Gasteiger partial charge in [0.05, 0.1) is 0 Å². The van der Waals surface area contributed by atoms with Crippen molar-refractivity contribution in [1.29, 1.82) is 0 Å².